The molecule has 2 aromatic rings. The standard InChI is InChI=1S/C18H19F3N2O2/c1-2-18(20,21)14-11-13(7-8-15(14)19)22-17(25)23-16-6-4-3-5-12(16)9-10-24/h3-8,11,24H,2,9-10H2,1H3,(H2,22,23,25). The number of alkyl halides is 2. The van der Waals surface area contributed by atoms with Gasteiger partial charge in [0.25, 0.3) is 5.92 Å². The van der Waals surface area contributed by atoms with Gasteiger partial charge in [-0.05, 0) is 36.2 Å². The Morgan fingerprint density at radius 1 is 1.16 bits per heavy atom. The van der Waals surface area contributed by atoms with Crippen LogP contribution in [0, 0.1) is 5.82 Å². The van der Waals surface area contributed by atoms with E-state index in [1.807, 2.05) is 0 Å². The van der Waals surface area contributed by atoms with Crippen LogP contribution in [0.3, 0.4) is 0 Å². The largest absolute Gasteiger partial charge is 0.396 e. The van der Waals surface area contributed by atoms with E-state index in [-0.39, 0.29) is 12.3 Å². The number of aliphatic hydroxyl groups excluding tert-OH is 1. The molecule has 0 heterocycles. The van der Waals surface area contributed by atoms with Crippen LogP contribution in [0.5, 0.6) is 0 Å². The Morgan fingerprint density at radius 3 is 2.56 bits per heavy atom. The molecule has 0 fully saturated rings. The molecule has 0 aliphatic rings. The molecule has 0 saturated heterocycles. The number of rotatable bonds is 6. The highest BCUT2D eigenvalue weighted by atomic mass is 19.3. The minimum atomic E-state index is -3.31. The van der Waals surface area contributed by atoms with E-state index >= 15 is 0 Å². The molecular formula is C18H19F3N2O2. The summed E-state index contributed by atoms with van der Waals surface area (Å²) in [5, 5.41) is 14.0. The highest BCUT2D eigenvalue weighted by Crippen LogP contribution is 2.34. The summed E-state index contributed by atoms with van der Waals surface area (Å²) < 4.78 is 41.2. The van der Waals surface area contributed by atoms with Crippen molar-refractivity contribution in [3.63, 3.8) is 0 Å². The quantitative estimate of drug-likeness (QED) is 0.716. The van der Waals surface area contributed by atoms with Crippen LogP contribution in [-0.2, 0) is 12.3 Å². The minimum absolute atomic E-state index is 0.0571. The third-order valence-corrected chi connectivity index (χ3v) is 3.71. The van der Waals surface area contributed by atoms with Gasteiger partial charge in [-0.1, -0.05) is 25.1 Å². The molecule has 7 heteroatoms. The number of anilines is 2. The van der Waals surface area contributed by atoms with Gasteiger partial charge < -0.3 is 15.7 Å². The van der Waals surface area contributed by atoms with Crippen LogP contribution < -0.4 is 10.6 Å². The number of amides is 2. The summed E-state index contributed by atoms with van der Waals surface area (Å²) in [5.74, 6) is -4.34. The maximum Gasteiger partial charge on any atom is 0.323 e. The van der Waals surface area contributed by atoms with E-state index < -0.39 is 29.8 Å². The zero-order valence-corrected chi connectivity index (χ0v) is 13.7. The molecular weight excluding hydrogens is 333 g/mol. The molecule has 0 unspecified atom stereocenters. The number of carbonyl (C=O) groups is 1. The van der Waals surface area contributed by atoms with Gasteiger partial charge in [0.2, 0.25) is 0 Å². The predicted octanol–water partition coefficient (Wildman–Crippen LogP) is 4.51. The van der Waals surface area contributed by atoms with Crippen LogP contribution in [0.25, 0.3) is 0 Å². The van der Waals surface area contributed by atoms with E-state index in [0.717, 1.165) is 17.7 Å². The van der Waals surface area contributed by atoms with Crippen molar-refractivity contribution in [3.05, 3.63) is 59.4 Å². The SMILES string of the molecule is CCC(F)(F)c1cc(NC(=O)Nc2ccccc2CCO)ccc1F. The first-order chi connectivity index (χ1) is 11.9. The third kappa shape index (κ3) is 4.73. The van der Waals surface area contributed by atoms with Crippen molar-refractivity contribution >= 4 is 17.4 Å². The average molecular weight is 352 g/mol. The van der Waals surface area contributed by atoms with Crippen molar-refractivity contribution in [2.24, 2.45) is 0 Å². The summed E-state index contributed by atoms with van der Waals surface area (Å²) in [6, 6.07) is 9.29. The molecule has 0 saturated carbocycles. The molecule has 25 heavy (non-hydrogen) atoms. The Hall–Kier alpha value is -2.54. The van der Waals surface area contributed by atoms with Gasteiger partial charge in [0.1, 0.15) is 5.82 Å². The third-order valence-electron chi connectivity index (χ3n) is 3.71. The van der Waals surface area contributed by atoms with Crippen molar-refractivity contribution in [1.82, 2.24) is 0 Å². The van der Waals surface area contributed by atoms with E-state index in [1.165, 1.54) is 13.0 Å². The predicted molar refractivity (Wildman–Crippen MR) is 90.5 cm³/mol. The topological polar surface area (TPSA) is 61.4 Å². The summed E-state index contributed by atoms with van der Waals surface area (Å²) in [5.41, 5.74) is 0.530. The summed E-state index contributed by atoms with van der Waals surface area (Å²) in [4.78, 5) is 12.1. The van der Waals surface area contributed by atoms with Crippen LogP contribution in [-0.4, -0.2) is 17.7 Å². The van der Waals surface area contributed by atoms with Crippen LogP contribution in [0.4, 0.5) is 29.3 Å². The van der Waals surface area contributed by atoms with E-state index in [9.17, 15) is 18.0 Å². The van der Waals surface area contributed by atoms with Crippen LogP contribution in [0.2, 0.25) is 0 Å². The molecule has 2 amide bonds. The first kappa shape index (κ1) is 18.8. The monoisotopic (exact) mass is 352 g/mol. The highest BCUT2D eigenvalue weighted by Gasteiger charge is 2.32. The summed E-state index contributed by atoms with van der Waals surface area (Å²) >= 11 is 0. The first-order valence-electron chi connectivity index (χ1n) is 7.82. The van der Waals surface area contributed by atoms with Crippen molar-refractivity contribution in [2.75, 3.05) is 17.2 Å². The van der Waals surface area contributed by atoms with Gasteiger partial charge in [-0.15, -0.1) is 0 Å². The zero-order valence-electron chi connectivity index (χ0n) is 13.7. The van der Waals surface area contributed by atoms with Gasteiger partial charge in [-0.25, -0.2) is 18.0 Å². The molecule has 3 N–H and O–H groups in total. The lowest BCUT2D eigenvalue weighted by Crippen LogP contribution is -2.21. The van der Waals surface area contributed by atoms with Gasteiger partial charge in [0.05, 0.1) is 5.56 Å². The Balaban J connectivity index is 2.15. The number of hydrogen-bond acceptors (Lipinski definition) is 2. The van der Waals surface area contributed by atoms with Crippen LogP contribution >= 0.6 is 0 Å². The molecule has 0 atom stereocenters. The van der Waals surface area contributed by atoms with Gasteiger partial charge >= 0.3 is 6.03 Å². The Kier molecular flexibility index (Phi) is 6.03. The fourth-order valence-corrected chi connectivity index (χ4v) is 2.34. The molecule has 0 radical (unpaired) electrons. The fourth-order valence-electron chi connectivity index (χ4n) is 2.34. The molecule has 0 spiro atoms. The Labute approximate surface area is 143 Å². The Morgan fingerprint density at radius 2 is 1.88 bits per heavy atom. The maximum atomic E-state index is 13.8. The van der Waals surface area contributed by atoms with Crippen molar-refractivity contribution in [3.8, 4) is 0 Å². The molecule has 2 aromatic carbocycles. The summed E-state index contributed by atoms with van der Waals surface area (Å²) in [7, 11) is 0. The zero-order chi connectivity index (χ0) is 18.4. The van der Waals surface area contributed by atoms with Gasteiger partial charge in [-0.3, -0.25) is 0 Å². The lowest BCUT2D eigenvalue weighted by atomic mass is 10.0. The van der Waals surface area contributed by atoms with E-state index in [4.69, 9.17) is 5.11 Å². The lowest BCUT2D eigenvalue weighted by Gasteiger charge is -2.17. The molecule has 0 bridgehead atoms. The van der Waals surface area contributed by atoms with Crippen LogP contribution in [0.1, 0.15) is 24.5 Å². The normalized spacial score (nSPS) is 11.2. The van der Waals surface area contributed by atoms with Crippen LogP contribution in [0.15, 0.2) is 42.5 Å². The average Bonchev–Trinajstić information content (AvgIpc) is 2.58. The Bertz CT molecular complexity index is 751. The maximum absolute atomic E-state index is 13.8. The van der Waals surface area contributed by atoms with Crippen molar-refractivity contribution in [1.29, 1.82) is 0 Å². The number of benzene rings is 2. The second kappa shape index (κ2) is 8.02. The molecule has 134 valence electrons. The number of nitrogens with one attached hydrogen (secondary N) is 2. The van der Waals surface area contributed by atoms with Gasteiger partial charge in [-0.2, -0.15) is 0 Å². The number of aliphatic hydroxyl groups is 1. The number of urea groups is 1. The molecule has 2 rings (SSSR count). The summed E-state index contributed by atoms with van der Waals surface area (Å²) in [6.07, 6.45) is -0.187. The van der Waals surface area contributed by atoms with E-state index in [0.29, 0.717) is 12.1 Å². The van der Waals surface area contributed by atoms with Gasteiger partial charge in [0.15, 0.2) is 0 Å². The van der Waals surface area contributed by atoms with E-state index in [1.54, 1.807) is 24.3 Å². The summed E-state index contributed by atoms with van der Waals surface area (Å²) in [6.45, 7) is 1.18. The smallest absolute Gasteiger partial charge is 0.323 e. The molecule has 0 aromatic heterocycles. The number of hydrogen-bond donors (Lipinski definition) is 3. The second-order valence-corrected chi connectivity index (χ2v) is 5.46. The molecule has 0 aliphatic carbocycles. The molecule has 0 aliphatic heterocycles. The first-order valence-corrected chi connectivity index (χ1v) is 7.82. The van der Waals surface area contributed by atoms with Gasteiger partial charge in [0, 0.05) is 24.4 Å². The fraction of sp³-hybridized carbons (Fsp3) is 0.278. The second-order valence-electron chi connectivity index (χ2n) is 5.46. The lowest BCUT2D eigenvalue weighted by molar-refractivity contribution is -0.0117. The van der Waals surface area contributed by atoms with E-state index in [2.05, 4.69) is 10.6 Å². The van der Waals surface area contributed by atoms with Crippen molar-refractivity contribution < 1.29 is 23.1 Å². The number of halogens is 3. The number of para-hydroxylation sites is 1. The number of carbonyl (C=O) groups excluding carboxylic acids is 1. The molecule has 4 nitrogen and oxygen atoms in total. The highest BCUT2D eigenvalue weighted by molar-refractivity contribution is 6.00. The van der Waals surface area contributed by atoms with Crippen molar-refractivity contribution in [2.45, 2.75) is 25.7 Å². The minimum Gasteiger partial charge on any atom is -0.396 e.